The zero-order chi connectivity index (χ0) is 18.9. The summed E-state index contributed by atoms with van der Waals surface area (Å²) in [5.74, 6) is -2.82. The van der Waals surface area contributed by atoms with Crippen LogP contribution in [-0.4, -0.2) is 33.8 Å². The molecule has 1 aliphatic heterocycles. The van der Waals surface area contributed by atoms with E-state index in [0.717, 1.165) is 18.4 Å². The summed E-state index contributed by atoms with van der Waals surface area (Å²) in [5, 5.41) is 2.34. The lowest BCUT2D eigenvalue weighted by atomic mass is 10.1. The van der Waals surface area contributed by atoms with Gasteiger partial charge in [-0.3, -0.25) is 4.79 Å². The lowest BCUT2D eigenvalue weighted by molar-refractivity contribution is 0.101. The summed E-state index contributed by atoms with van der Waals surface area (Å²) < 4.78 is 62.4. The van der Waals surface area contributed by atoms with Gasteiger partial charge in [-0.1, -0.05) is 0 Å². The summed E-state index contributed by atoms with van der Waals surface area (Å²) in [6, 6.07) is 6.04. The van der Waals surface area contributed by atoms with E-state index >= 15 is 0 Å². The first-order valence-electron chi connectivity index (χ1n) is 7.66. The zero-order valence-electron chi connectivity index (χ0n) is 13.7. The molecule has 6 nitrogen and oxygen atoms in total. The number of sulfone groups is 1. The normalized spacial score (nSPS) is 13.8. The number of amides is 1. The Hall–Kier alpha value is -2.68. The fourth-order valence-corrected chi connectivity index (χ4v) is 3.21. The summed E-state index contributed by atoms with van der Waals surface area (Å²) in [6.45, 7) is 0.928. The first-order valence-corrected chi connectivity index (χ1v) is 9.55. The number of halogens is 2. The van der Waals surface area contributed by atoms with Crippen molar-refractivity contribution in [2.45, 2.75) is 11.3 Å². The molecule has 1 heterocycles. The van der Waals surface area contributed by atoms with Crippen molar-refractivity contribution in [1.29, 1.82) is 0 Å². The predicted octanol–water partition coefficient (Wildman–Crippen LogP) is 2.78. The summed E-state index contributed by atoms with van der Waals surface area (Å²) in [7, 11) is -3.95. The van der Waals surface area contributed by atoms with Crippen LogP contribution in [-0.2, 0) is 9.84 Å². The molecule has 0 fully saturated rings. The number of nitrogens with one attached hydrogen (secondary N) is 1. The Kier molecular flexibility index (Phi) is 4.82. The Morgan fingerprint density at radius 2 is 1.77 bits per heavy atom. The van der Waals surface area contributed by atoms with Crippen molar-refractivity contribution in [2.24, 2.45) is 0 Å². The molecule has 3 rings (SSSR count). The van der Waals surface area contributed by atoms with E-state index in [9.17, 15) is 22.0 Å². The van der Waals surface area contributed by atoms with Crippen LogP contribution >= 0.6 is 0 Å². The molecule has 2 aromatic carbocycles. The van der Waals surface area contributed by atoms with Crippen LogP contribution in [0.25, 0.3) is 0 Å². The zero-order valence-corrected chi connectivity index (χ0v) is 14.5. The van der Waals surface area contributed by atoms with E-state index in [2.05, 4.69) is 5.32 Å². The second kappa shape index (κ2) is 6.91. The van der Waals surface area contributed by atoms with Crippen LogP contribution in [0.1, 0.15) is 16.8 Å². The van der Waals surface area contributed by atoms with Crippen molar-refractivity contribution in [1.82, 2.24) is 0 Å². The second-order valence-corrected chi connectivity index (χ2v) is 7.66. The third kappa shape index (κ3) is 3.62. The summed E-state index contributed by atoms with van der Waals surface area (Å²) in [5.41, 5.74) is -0.747. The van der Waals surface area contributed by atoms with Gasteiger partial charge in [0.1, 0.15) is 16.3 Å². The van der Waals surface area contributed by atoms with Crippen molar-refractivity contribution in [3.05, 3.63) is 47.5 Å². The molecule has 26 heavy (non-hydrogen) atoms. The average molecular weight is 383 g/mol. The lowest BCUT2D eigenvalue weighted by Gasteiger charge is -2.12. The quantitative estimate of drug-likeness (QED) is 0.825. The smallest absolute Gasteiger partial charge is 0.261 e. The number of ether oxygens (including phenoxy) is 2. The number of carbonyl (C=O) groups is 1. The third-order valence-corrected chi connectivity index (χ3v) is 4.80. The number of carbonyl (C=O) groups excluding carboxylic acids is 1. The van der Waals surface area contributed by atoms with Crippen LogP contribution in [0.5, 0.6) is 11.5 Å². The Balaban J connectivity index is 1.93. The third-order valence-electron chi connectivity index (χ3n) is 3.69. The maximum atomic E-state index is 14.4. The molecule has 0 bridgehead atoms. The highest BCUT2D eigenvalue weighted by Crippen LogP contribution is 2.32. The van der Waals surface area contributed by atoms with Gasteiger partial charge in [-0.2, -0.15) is 0 Å². The topological polar surface area (TPSA) is 81.7 Å². The van der Waals surface area contributed by atoms with Crippen LogP contribution in [0.3, 0.4) is 0 Å². The van der Waals surface area contributed by atoms with Gasteiger partial charge in [-0.05, 0) is 24.3 Å². The van der Waals surface area contributed by atoms with E-state index in [1.54, 1.807) is 6.07 Å². The first-order chi connectivity index (χ1) is 12.3. The summed E-state index contributed by atoms with van der Waals surface area (Å²) >= 11 is 0. The number of rotatable bonds is 3. The molecule has 138 valence electrons. The van der Waals surface area contributed by atoms with Gasteiger partial charge in [0.05, 0.1) is 13.2 Å². The van der Waals surface area contributed by atoms with Crippen molar-refractivity contribution >= 4 is 21.4 Å². The van der Waals surface area contributed by atoms with Crippen LogP contribution in [0.15, 0.2) is 35.2 Å². The van der Waals surface area contributed by atoms with Gasteiger partial charge in [0, 0.05) is 24.4 Å². The SMILES string of the molecule is CS(=O)(=O)c1ccc(F)c(C(=O)Nc2ccc3c(c2)OCCCO3)c1F. The molecule has 0 unspecified atom stereocenters. The minimum Gasteiger partial charge on any atom is -0.490 e. The average Bonchev–Trinajstić information content (AvgIpc) is 2.78. The maximum Gasteiger partial charge on any atom is 0.261 e. The molecule has 1 amide bonds. The molecule has 9 heteroatoms. The molecule has 1 N–H and O–H groups in total. The number of hydrogen-bond acceptors (Lipinski definition) is 5. The van der Waals surface area contributed by atoms with Gasteiger partial charge in [0.2, 0.25) is 0 Å². The molecule has 0 atom stereocenters. The van der Waals surface area contributed by atoms with Gasteiger partial charge in [0.15, 0.2) is 27.2 Å². The van der Waals surface area contributed by atoms with Gasteiger partial charge >= 0.3 is 0 Å². The predicted molar refractivity (Wildman–Crippen MR) is 89.5 cm³/mol. The van der Waals surface area contributed by atoms with Gasteiger partial charge in [-0.25, -0.2) is 17.2 Å². The monoisotopic (exact) mass is 383 g/mol. The fraction of sp³-hybridized carbons (Fsp3) is 0.235. The van der Waals surface area contributed by atoms with E-state index in [0.29, 0.717) is 31.1 Å². The van der Waals surface area contributed by atoms with E-state index in [-0.39, 0.29) is 5.69 Å². The molecule has 0 saturated carbocycles. The van der Waals surface area contributed by atoms with Crippen molar-refractivity contribution in [3.8, 4) is 11.5 Å². The van der Waals surface area contributed by atoms with Crippen LogP contribution in [0, 0.1) is 11.6 Å². The molecule has 0 aliphatic carbocycles. The van der Waals surface area contributed by atoms with E-state index < -0.39 is 37.8 Å². The van der Waals surface area contributed by atoms with E-state index in [1.165, 1.54) is 12.1 Å². The molecule has 2 aromatic rings. The molecule has 0 saturated heterocycles. The fourth-order valence-electron chi connectivity index (χ4n) is 2.46. The number of hydrogen-bond donors (Lipinski definition) is 1. The van der Waals surface area contributed by atoms with Crippen LogP contribution < -0.4 is 14.8 Å². The van der Waals surface area contributed by atoms with Gasteiger partial charge in [0.25, 0.3) is 5.91 Å². The maximum absolute atomic E-state index is 14.4. The first kappa shape index (κ1) is 18.1. The van der Waals surface area contributed by atoms with Crippen molar-refractivity contribution < 1.29 is 31.5 Å². The second-order valence-electron chi connectivity index (χ2n) is 5.67. The molecular weight excluding hydrogens is 368 g/mol. The van der Waals surface area contributed by atoms with Crippen molar-refractivity contribution in [3.63, 3.8) is 0 Å². The summed E-state index contributed by atoms with van der Waals surface area (Å²) in [6.07, 6.45) is 1.47. The molecule has 0 spiro atoms. The Labute approximate surface area is 148 Å². The largest absolute Gasteiger partial charge is 0.490 e. The van der Waals surface area contributed by atoms with E-state index in [4.69, 9.17) is 9.47 Å². The molecular formula is C17H15F2NO5S. The molecule has 0 radical (unpaired) electrons. The Morgan fingerprint density at radius 3 is 2.46 bits per heavy atom. The van der Waals surface area contributed by atoms with Gasteiger partial charge in [-0.15, -0.1) is 0 Å². The van der Waals surface area contributed by atoms with Crippen LogP contribution in [0.4, 0.5) is 14.5 Å². The minimum absolute atomic E-state index is 0.225. The molecule has 1 aliphatic rings. The minimum atomic E-state index is -3.95. The highest BCUT2D eigenvalue weighted by atomic mass is 32.2. The standard InChI is InChI=1S/C17H15F2NO5S/c1-26(22,23)14-6-4-11(18)15(16(14)19)17(21)20-10-3-5-12-13(9-10)25-8-2-7-24-12/h3-6,9H,2,7-8H2,1H3,(H,20,21). The van der Waals surface area contributed by atoms with Crippen molar-refractivity contribution in [2.75, 3.05) is 24.8 Å². The number of fused-ring (bicyclic) bond motifs is 1. The number of benzene rings is 2. The Morgan fingerprint density at radius 1 is 1.08 bits per heavy atom. The lowest BCUT2D eigenvalue weighted by Crippen LogP contribution is -2.18. The van der Waals surface area contributed by atoms with Gasteiger partial charge < -0.3 is 14.8 Å². The Bertz CT molecular complexity index is 975. The highest BCUT2D eigenvalue weighted by molar-refractivity contribution is 7.90. The molecule has 0 aromatic heterocycles. The van der Waals surface area contributed by atoms with Crippen LogP contribution in [0.2, 0.25) is 0 Å². The highest BCUT2D eigenvalue weighted by Gasteiger charge is 2.25. The summed E-state index contributed by atoms with van der Waals surface area (Å²) in [4.78, 5) is 11.6. The van der Waals surface area contributed by atoms with E-state index in [1.807, 2.05) is 0 Å². The number of anilines is 1.